The first-order valence-electron chi connectivity index (χ1n) is 6.07. The lowest BCUT2D eigenvalue weighted by molar-refractivity contribution is 0.358. The van der Waals surface area contributed by atoms with Gasteiger partial charge in [0.1, 0.15) is 0 Å². The molecule has 0 aliphatic carbocycles. The molecule has 0 aliphatic rings. The molecule has 0 N–H and O–H groups in total. The van der Waals surface area contributed by atoms with Crippen molar-refractivity contribution in [3.8, 4) is 0 Å². The van der Waals surface area contributed by atoms with E-state index in [1.165, 1.54) is 4.31 Å². The molecule has 0 unspecified atom stereocenters. The molecule has 0 saturated heterocycles. The third kappa shape index (κ3) is 5.48. The predicted molar refractivity (Wildman–Crippen MR) is 79.8 cm³/mol. The van der Waals surface area contributed by atoms with E-state index in [9.17, 15) is 8.42 Å². The third-order valence-corrected chi connectivity index (χ3v) is 5.00. The van der Waals surface area contributed by atoms with Gasteiger partial charge in [0.2, 0.25) is 10.0 Å². The number of sulfonamides is 1. The van der Waals surface area contributed by atoms with Gasteiger partial charge in [-0.25, -0.2) is 12.7 Å². The fourth-order valence-electron chi connectivity index (χ4n) is 1.53. The third-order valence-electron chi connectivity index (χ3n) is 2.86. The number of likely N-dealkylation sites (N-methyl/N-ethyl adjacent to an activating group) is 2. The zero-order valence-electron chi connectivity index (χ0n) is 11.6. The van der Waals surface area contributed by atoms with Crippen molar-refractivity contribution in [1.82, 2.24) is 9.21 Å². The summed E-state index contributed by atoms with van der Waals surface area (Å²) >= 11 is 5.70. The van der Waals surface area contributed by atoms with Crippen LogP contribution in [0.25, 0.3) is 0 Å². The van der Waals surface area contributed by atoms with Crippen LogP contribution in [0.1, 0.15) is 11.1 Å². The van der Waals surface area contributed by atoms with Crippen molar-refractivity contribution in [3.05, 3.63) is 35.4 Å². The van der Waals surface area contributed by atoms with Gasteiger partial charge in [-0.15, -0.1) is 11.6 Å². The van der Waals surface area contributed by atoms with Crippen LogP contribution in [-0.2, 0) is 21.7 Å². The largest absolute Gasteiger partial charge is 0.308 e. The minimum absolute atomic E-state index is 0.0273. The molecule has 0 fully saturated rings. The van der Waals surface area contributed by atoms with Crippen LogP contribution >= 0.6 is 11.6 Å². The molecule has 0 bridgehead atoms. The van der Waals surface area contributed by atoms with Crippen LogP contribution in [0, 0.1) is 0 Å². The van der Waals surface area contributed by atoms with Crippen LogP contribution in [0.3, 0.4) is 0 Å². The lowest BCUT2D eigenvalue weighted by Gasteiger charge is -2.19. The molecule has 0 heterocycles. The minimum Gasteiger partial charge on any atom is -0.308 e. The van der Waals surface area contributed by atoms with Gasteiger partial charge in [-0.3, -0.25) is 0 Å². The van der Waals surface area contributed by atoms with Crippen molar-refractivity contribution in [2.75, 3.05) is 34.2 Å². The lowest BCUT2D eigenvalue weighted by Crippen LogP contribution is -2.34. The second-order valence-electron chi connectivity index (χ2n) is 4.83. The summed E-state index contributed by atoms with van der Waals surface area (Å²) in [6.45, 7) is 1.20. The highest BCUT2D eigenvalue weighted by Crippen LogP contribution is 2.12. The van der Waals surface area contributed by atoms with Gasteiger partial charge in [-0.2, -0.15) is 0 Å². The fraction of sp³-hybridized carbons (Fsp3) is 0.538. The average molecular weight is 305 g/mol. The van der Waals surface area contributed by atoms with Crippen LogP contribution in [0.4, 0.5) is 0 Å². The molecular weight excluding hydrogens is 284 g/mol. The van der Waals surface area contributed by atoms with Crippen molar-refractivity contribution < 1.29 is 8.42 Å². The van der Waals surface area contributed by atoms with E-state index in [0.29, 0.717) is 19.0 Å². The summed E-state index contributed by atoms with van der Waals surface area (Å²) in [6, 6.07) is 7.35. The minimum atomic E-state index is -3.25. The molecule has 4 nitrogen and oxygen atoms in total. The van der Waals surface area contributed by atoms with Gasteiger partial charge in [0.05, 0.1) is 5.75 Å². The van der Waals surface area contributed by atoms with Crippen molar-refractivity contribution in [3.63, 3.8) is 0 Å². The highest BCUT2D eigenvalue weighted by Gasteiger charge is 2.18. The van der Waals surface area contributed by atoms with Crippen LogP contribution in [0.5, 0.6) is 0 Å². The molecular formula is C13H21ClN2O2S. The number of nitrogens with zero attached hydrogens (tertiary/aromatic N) is 2. The molecule has 0 aromatic heterocycles. The molecule has 0 spiro atoms. The quantitative estimate of drug-likeness (QED) is 0.721. The Morgan fingerprint density at radius 1 is 1.00 bits per heavy atom. The highest BCUT2D eigenvalue weighted by atomic mass is 35.5. The second kappa shape index (κ2) is 7.24. The Morgan fingerprint density at radius 2 is 1.53 bits per heavy atom. The Bertz CT molecular complexity index is 486. The van der Waals surface area contributed by atoms with Gasteiger partial charge in [0.25, 0.3) is 0 Å². The van der Waals surface area contributed by atoms with Gasteiger partial charge in [-0.1, -0.05) is 24.3 Å². The summed E-state index contributed by atoms with van der Waals surface area (Å²) in [5, 5.41) is 0. The molecule has 1 rings (SSSR count). The van der Waals surface area contributed by atoms with E-state index in [1.807, 2.05) is 43.3 Å². The summed E-state index contributed by atoms with van der Waals surface area (Å²) in [5.74, 6) is 0.468. The normalized spacial score (nSPS) is 12.3. The smallest absolute Gasteiger partial charge is 0.218 e. The fourth-order valence-corrected chi connectivity index (χ4v) is 2.90. The first kappa shape index (κ1) is 16.4. The van der Waals surface area contributed by atoms with E-state index < -0.39 is 10.0 Å². The van der Waals surface area contributed by atoms with E-state index in [4.69, 9.17) is 11.6 Å². The summed E-state index contributed by atoms with van der Waals surface area (Å²) in [6.07, 6.45) is 0. The molecule has 0 atom stereocenters. The van der Waals surface area contributed by atoms with Gasteiger partial charge in [-0.05, 0) is 25.2 Å². The number of alkyl halides is 1. The summed E-state index contributed by atoms with van der Waals surface area (Å²) in [4.78, 5) is 1.96. The van der Waals surface area contributed by atoms with Gasteiger partial charge >= 0.3 is 0 Å². The molecule has 0 amide bonds. The highest BCUT2D eigenvalue weighted by molar-refractivity contribution is 7.88. The summed E-state index contributed by atoms with van der Waals surface area (Å²) in [5.41, 5.74) is 1.77. The monoisotopic (exact) mass is 304 g/mol. The first-order valence-corrected chi connectivity index (χ1v) is 8.22. The van der Waals surface area contributed by atoms with Gasteiger partial charge < -0.3 is 4.90 Å². The van der Waals surface area contributed by atoms with E-state index in [0.717, 1.165) is 11.1 Å². The Balaban J connectivity index is 2.67. The standard InChI is InChI=1S/C13H21ClN2O2S/c1-15(2)8-9-16(3)19(17,18)11-13-6-4-12(10-14)5-7-13/h4-7H,8-11H2,1-3H3. The van der Waals surface area contributed by atoms with E-state index in [1.54, 1.807) is 7.05 Å². The van der Waals surface area contributed by atoms with Gasteiger partial charge in [0, 0.05) is 26.0 Å². The molecule has 108 valence electrons. The van der Waals surface area contributed by atoms with Crippen LogP contribution in [0.2, 0.25) is 0 Å². The lowest BCUT2D eigenvalue weighted by atomic mass is 10.2. The molecule has 1 aromatic rings. The summed E-state index contributed by atoms with van der Waals surface area (Å²) in [7, 11) is 2.21. The van der Waals surface area contributed by atoms with Gasteiger partial charge in [0.15, 0.2) is 0 Å². The molecule has 1 aromatic carbocycles. The second-order valence-corrected chi connectivity index (χ2v) is 7.17. The van der Waals surface area contributed by atoms with Crippen molar-refractivity contribution in [2.24, 2.45) is 0 Å². The summed E-state index contributed by atoms with van der Waals surface area (Å²) < 4.78 is 25.7. The number of hydrogen-bond donors (Lipinski definition) is 0. The van der Waals surface area contributed by atoms with Crippen LogP contribution in [-0.4, -0.2) is 51.9 Å². The number of halogens is 1. The van der Waals surface area contributed by atoms with E-state index in [-0.39, 0.29) is 5.75 Å². The molecule has 0 radical (unpaired) electrons. The first-order chi connectivity index (χ1) is 8.85. The Hall–Kier alpha value is -0.620. The van der Waals surface area contributed by atoms with Crippen LogP contribution in [0.15, 0.2) is 24.3 Å². The molecule has 0 saturated carbocycles. The predicted octanol–water partition coefficient (Wildman–Crippen LogP) is 1.75. The maximum Gasteiger partial charge on any atom is 0.218 e. The van der Waals surface area contributed by atoms with E-state index in [2.05, 4.69) is 0 Å². The zero-order chi connectivity index (χ0) is 14.5. The molecule has 6 heteroatoms. The molecule has 0 aliphatic heterocycles. The Labute approximate surface area is 121 Å². The maximum atomic E-state index is 12.1. The van der Waals surface area contributed by atoms with Crippen molar-refractivity contribution in [2.45, 2.75) is 11.6 Å². The van der Waals surface area contributed by atoms with Crippen molar-refractivity contribution >= 4 is 21.6 Å². The SMILES string of the molecule is CN(C)CCN(C)S(=O)(=O)Cc1ccc(CCl)cc1. The molecule has 19 heavy (non-hydrogen) atoms. The average Bonchev–Trinajstić information content (AvgIpc) is 2.36. The number of hydrogen-bond acceptors (Lipinski definition) is 3. The topological polar surface area (TPSA) is 40.6 Å². The number of benzene rings is 1. The zero-order valence-corrected chi connectivity index (χ0v) is 13.2. The Kier molecular flexibility index (Phi) is 6.26. The number of rotatable bonds is 7. The maximum absolute atomic E-state index is 12.1. The van der Waals surface area contributed by atoms with E-state index >= 15 is 0 Å². The van der Waals surface area contributed by atoms with Crippen LogP contribution < -0.4 is 0 Å². The van der Waals surface area contributed by atoms with Crippen molar-refractivity contribution in [1.29, 1.82) is 0 Å². The Morgan fingerprint density at radius 3 is 2.00 bits per heavy atom.